The SMILES string of the molecule is CC(COc1ccccc1C(F)(F)F)NC(=O)c1ccn(C2CCCNC2)n1. The van der Waals surface area contributed by atoms with Gasteiger partial charge in [-0.25, -0.2) is 0 Å². The van der Waals surface area contributed by atoms with Gasteiger partial charge in [-0.2, -0.15) is 18.3 Å². The monoisotopic (exact) mass is 396 g/mol. The van der Waals surface area contributed by atoms with Crippen LogP contribution in [0.1, 0.15) is 41.9 Å². The predicted octanol–water partition coefficient (Wildman–Crippen LogP) is 3.02. The molecule has 9 heteroatoms. The molecular weight excluding hydrogens is 373 g/mol. The first-order valence-corrected chi connectivity index (χ1v) is 9.20. The third-order valence-electron chi connectivity index (χ3n) is 4.54. The fourth-order valence-electron chi connectivity index (χ4n) is 3.10. The number of amides is 1. The Balaban J connectivity index is 1.55. The van der Waals surface area contributed by atoms with E-state index in [4.69, 9.17) is 4.74 Å². The Morgan fingerprint density at radius 2 is 2.18 bits per heavy atom. The van der Waals surface area contributed by atoms with Crippen LogP contribution < -0.4 is 15.4 Å². The lowest BCUT2D eigenvalue weighted by molar-refractivity contribution is -0.139. The first-order chi connectivity index (χ1) is 13.3. The van der Waals surface area contributed by atoms with E-state index >= 15 is 0 Å². The van der Waals surface area contributed by atoms with Gasteiger partial charge in [-0.1, -0.05) is 12.1 Å². The van der Waals surface area contributed by atoms with Crippen LogP contribution in [0.3, 0.4) is 0 Å². The molecule has 2 unspecified atom stereocenters. The average molecular weight is 396 g/mol. The molecule has 6 nitrogen and oxygen atoms in total. The number of carbonyl (C=O) groups excluding carboxylic acids is 1. The molecular formula is C19H23F3N4O2. The molecule has 1 aromatic carbocycles. The van der Waals surface area contributed by atoms with Crippen molar-refractivity contribution < 1.29 is 22.7 Å². The number of carbonyl (C=O) groups is 1. The second kappa shape index (κ2) is 8.64. The molecule has 0 bridgehead atoms. The molecule has 0 radical (unpaired) electrons. The average Bonchev–Trinajstić information content (AvgIpc) is 3.17. The number of nitrogens with zero attached hydrogens (tertiary/aromatic N) is 2. The number of alkyl halides is 3. The smallest absolute Gasteiger partial charge is 0.419 e. The highest BCUT2D eigenvalue weighted by Gasteiger charge is 2.34. The summed E-state index contributed by atoms with van der Waals surface area (Å²) in [5, 5.41) is 10.3. The number of halogens is 3. The van der Waals surface area contributed by atoms with Gasteiger partial charge in [0.1, 0.15) is 18.1 Å². The van der Waals surface area contributed by atoms with Gasteiger partial charge in [0.05, 0.1) is 17.6 Å². The van der Waals surface area contributed by atoms with Crippen LogP contribution in [0.2, 0.25) is 0 Å². The molecule has 2 N–H and O–H groups in total. The van der Waals surface area contributed by atoms with Crippen molar-refractivity contribution >= 4 is 5.91 Å². The number of ether oxygens (including phenoxy) is 1. The largest absolute Gasteiger partial charge is 0.491 e. The number of piperidine rings is 1. The van der Waals surface area contributed by atoms with Crippen molar-refractivity contribution in [1.82, 2.24) is 20.4 Å². The quantitative estimate of drug-likeness (QED) is 0.788. The van der Waals surface area contributed by atoms with Crippen LogP contribution in [-0.4, -0.2) is 41.4 Å². The molecule has 0 spiro atoms. The minimum absolute atomic E-state index is 0.0912. The van der Waals surface area contributed by atoms with Gasteiger partial charge in [0, 0.05) is 12.7 Å². The van der Waals surface area contributed by atoms with E-state index in [2.05, 4.69) is 15.7 Å². The van der Waals surface area contributed by atoms with Gasteiger partial charge in [-0.05, 0) is 44.5 Å². The van der Waals surface area contributed by atoms with E-state index in [9.17, 15) is 18.0 Å². The van der Waals surface area contributed by atoms with E-state index in [0.29, 0.717) is 0 Å². The normalized spacial score (nSPS) is 18.5. The van der Waals surface area contributed by atoms with Gasteiger partial charge in [-0.3, -0.25) is 9.48 Å². The fourth-order valence-corrected chi connectivity index (χ4v) is 3.10. The maximum atomic E-state index is 13.0. The maximum Gasteiger partial charge on any atom is 0.419 e. The van der Waals surface area contributed by atoms with Crippen LogP contribution in [-0.2, 0) is 6.18 Å². The molecule has 1 aliphatic rings. The minimum Gasteiger partial charge on any atom is -0.491 e. The van der Waals surface area contributed by atoms with E-state index in [1.165, 1.54) is 18.2 Å². The highest BCUT2D eigenvalue weighted by atomic mass is 19.4. The van der Waals surface area contributed by atoms with Gasteiger partial charge < -0.3 is 15.4 Å². The Morgan fingerprint density at radius 1 is 1.39 bits per heavy atom. The zero-order chi connectivity index (χ0) is 20.1. The Bertz CT molecular complexity index is 800. The van der Waals surface area contributed by atoms with Gasteiger partial charge in [0.2, 0.25) is 0 Å². The molecule has 2 aromatic rings. The minimum atomic E-state index is -4.50. The van der Waals surface area contributed by atoms with Crippen molar-refractivity contribution in [3.05, 3.63) is 47.8 Å². The Morgan fingerprint density at radius 3 is 2.89 bits per heavy atom. The highest BCUT2D eigenvalue weighted by Crippen LogP contribution is 2.35. The summed E-state index contributed by atoms with van der Waals surface area (Å²) in [5.41, 5.74) is -0.568. The molecule has 152 valence electrons. The third kappa shape index (κ3) is 5.03. The second-order valence-electron chi connectivity index (χ2n) is 6.86. The summed E-state index contributed by atoms with van der Waals surface area (Å²) >= 11 is 0. The number of aromatic nitrogens is 2. The van der Waals surface area contributed by atoms with Crippen molar-refractivity contribution in [3.8, 4) is 5.75 Å². The molecule has 0 aliphatic carbocycles. The molecule has 28 heavy (non-hydrogen) atoms. The van der Waals surface area contributed by atoms with Crippen molar-refractivity contribution in [1.29, 1.82) is 0 Å². The van der Waals surface area contributed by atoms with Crippen LogP contribution in [0.25, 0.3) is 0 Å². The van der Waals surface area contributed by atoms with Crippen molar-refractivity contribution in [2.45, 2.75) is 38.0 Å². The summed E-state index contributed by atoms with van der Waals surface area (Å²) in [6.07, 6.45) is -0.671. The third-order valence-corrected chi connectivity index (χ3v) is 4.54. The summed E-state index contributed by atoms with van der Waals surface area (Å²) in [4.78, 5) is 12.4. The Hall–Kier alpha value is -2.55. The summed E-state index contributed by atoms with van der Waals surface area (Å²) < 4.78 is 46.1. The van der Waals surface area contributed by atoms with Crippen molar-refractivity contribution in [2.24, 2.45) is 0 Å². The van der Waals surface area contributed by atoms with E-state index in [1.54, 1.807) is 23.9 Å². The lowest BCUT2D eigenvalue weighted by Crippen LogP contribution is -2.37. The summed E-state index contributed by atoms with van der Waals surface area (Å²) in [6, 6.07) is 6.36. The van der Waals surface area contributed by atoms with Gasteiger partial charge in [0.15, 0.2) is 0 Å². The Kier molecular flexibility index (Phi) is 6.23. The van der Waals surface area contributed by atoms with E-state index < -0.39 is 17.8 Å². The lowest BCUT2D eigenvalue weighted by atomic mass is 10.1. The van der Waals surface area contributed by atoms with Crippen LogP contribution in [0.5, 0.6) is 5.75 Å². The first kappa shape index (κ1) is 20.2. The predicted molar refractivity (Wildman–Crippen MR) is 97.2 cm³/mol. The lowest BCUT2D eigenvalue weighted by Gasteiger charge is -2.22. The molecule has 1 fully saturated rings. The van der Waals surface area contributed by atoms with E-state index in [0.717, 1.165) is 32.0 Å². The second-order valence-corrected chi connectivity index (χ2v) is 6.86. The molecule has 2 atom stereocenters. The Labute approximate surface area is 161 Å². The molecule has 1 aromatic heterocycles. The number of benzene rings is 1. The molecule has 0 saturated carbocycles. The number of nitrogens with one attached hydrogen (secondary N) is 2. The van der Waals surface area contributed by atoms with Crippen LogP contribution >= 0.6 is 0 Å². The topological polar surface area (TPSA) is 68.2 Å². The summed E-state index contributed by atoms with van der Waals surface area (Å²) in [6.45, 7) is 3.37. The molecule has 2 heterocycles. The fraction of sp³-hybridized carbons (Fsp3) is 0.474. The summed E-state index contributed by atoms with van der Waals surface area (Å²) in [5.74, 6) is -0.645. The van der Waals surface area contributed by atoms with Gasteiger partial charge in [0.25, 0.3) is 5.91 Å². The summed E-state index contributed by atoms with van der Waals surface area (Å²) in [7, 11) is 0. The van der Waals surface area contributed by atoms with E-state index in [1.807, 2.05) is 0 Å². The number of rotatable bonds is 6. The molecule has 1 saturated heterocycles. The number of hydrogen-bond donors (Lipinski definition) is 2. The zero-order valence-corrected chi connectivity index (χ0v) is 15.5. The maximum absolute atomic E-state index is 13.0. The first-order valence-electron chi connectivity index (χ1n) is 9.20. The highest BCUT2D eigenvalue weighted by molar-refractivity contribution is 5.92. The molecule has 1 amide bonds. The zero-order valence-electron chi connectivity index (χ0n) is 15.5. The molecule has 3 rings (SSSR count). The van der Waals surface area contributed by atoms with Gasteiger partial charge >= 0.3 is 6.18 Å². The van der Waals surface area contributed by atoms with Gasteiger partial charge in [-0.15, -0.1) is 0 Å². The van der Waals surface area contributed by atoms with Crippen LogP contribution in [0, 0.1) is 0 Å². The molecule has 1 aliphatic heterocycles. The van der Waals surface area contributed by atoms with E-state index in [-0.39, 0.29) is 30.0 Å². The van der Waals surface area contributed by atoms with Crippen LogP contribution in [0.15, 0.2) is 36.5 Å². The van der Waals surface area contributed by atoms with Crippen molar-refractivity contribution in [2.75, 3.05) is 19.7 Å². The number of para-hydroxylation sites is 1. The van der Waals surface area contributed by atoms with Crippen LogP contribution in [0.4, 0.5) is 13.2 Å². The standard InChI is InChI=1S/C19H23F3N4O2/c1-13(12-28-17-7-3-2-6-15(17)19(20,21)22)24-18(27)16-8-10-26(25-16)14-5-4-9-23-11-14/h2-3,6-8,10,13-14,23H,4-5,9,11-12H2,1H3,(H,24,27). The van der Waals surface area contributed by atoms with Crippen molar-refractivity contribution in [3.63, 3.8) is 0 Å². The number of hydrogen-bond acceptors (Lipinski definition) is 4.